The van der Waals surface area contributed by atoms with Crippen LogP contribution in [0, 0.1) is 5.82 Å². The molecule has 22 heavy (non-hydrogen) atoms. The van der Waals surface area contributed by atoms with Crippen molar-refractivity contribution in [2.75, 3.05) is 20.3 Å². The van der Waals surface area contributed by atoms with Gasteiger partial charge in [-0.3, -0.25) is 0 Å². The molecule has 0 aliphatic heterocycles. The predicted molar refractivity (Wildman–Crippen MR) is 79.8 cm³/mol. The van der Waals surface area contributed by atoms with Crippen molar-refractivity contribution in [2.45, 2.75) is 0 Å². The fourth-order valence-corrected chi connectivity index (χ4v) is 1.85. The Balaban J connectivity index is 1.94. The third kappa shape index (κ3) is 4.12. The third-order valence-electron chi connectivity index (χ3n) is 2.84. The van der Waals surface area contributed by atoms with Gasteiger partial charge in [0.25, 0.3) is 0 Å². The maximum absolute atomic E-state index is 12.8. The average molecular weight is 305 g/mol. The molecule has 2 aromatic rings. The summed E-state index contributed by atoms with van der Waals surface area (Å²) in [6, 6.07) is 11.0. The summed E-state index contributed by atoms with van der Waals surface area (Å²) >= 11 is 0. The average Bonchev–Trinajstić information content (AvgIpc) is 2.54. The summed E-state index contributed by atoms with van der Waals surface area (Å²) in [6.07, 6.45) is 1.26. The highest BCUT2D eigenvalue weighted by atomic mass is 19.1. The van der Waals surface area contributed by atoms with Crippen molar-refractivity contribution < 1.29 is 23.8 Å². The first-order chi connectivity index (χ1) is 10.7. The zero-order valence-electron chi connectivity index (χ0n) is 12.0. The minimum atomic E-state index is -0.314. The molecule has 0 amide bonds. The van der Waals surface area contributed by atoms with Crippen LogP contribution in [0.5, 0.6) is 17.2 Å². The number of nitrogens with zero attached hydrogens (tertiary/aromatic N) is 1. The number of hydrogen-bond acceptors (Lipinski definition) is 5. The summed E-state index contributed by atoms with van der Waals surface area (Å²) in [5.41, 5.74) is 0.587. The first-order valence-corrected chi connectivity index (χ1v) is 6.60. The van der Waals surface area contributed by atoms with Gasteiger partial charge in [-0.1, -0.05) is 11.2 Å². The molecule has 0 saturated heterocycles. The van der Waals surface area contributed by atoms with Crippen molar-refractivity contribution in [1.82, 2.24) is 0 Å². The van der Waals surface area contributed by atoms with E-state index in [1.54, 1.807) is 30.3 Å². The lowest BCUT2D eigenvalue weighted by Gasteiger charge is -2.13. The smallest absolute Gasteiger partial charge is 0.170 e. The number of rotatable bonds is 7. The summed E-state index contributed by atoms with van der Waals surface area (Å²) in [6.45, 7) is 0.531. The lowest BCUT2D eigenvalue weighted by molar-refractivity contribution is 0.211. The van der Waals surface area contributed by atoms with E-state index in [2.05, 4.69) is 5.16 Å². The van der Waals surface area contributed by atoms with E-state index in [4.69, 9.17) is 19.4 Å². The number of hydrogen-bond donors (Lipinski definition) is 1. The Morgan fingerprint density at radius 1 is 1.09 bits per heavy atom. The summed E-state index contributed by atoms with van der Waals surface area (Å²) in [7, 11) is 1.52. The second-order valence-electron chi connectivity index (χ2n) is 4.27. The van der Waals surface area contributed by atoms with Crippen molar-refractivity contribution in [1.29, 1.82) is 0 Å². The summed E-state index contributed by atoms with van der Waals surface area (Å²) in [4.78, 5) is 0. The predicted octanol–water partition coefficient (Wildman–Crippen LogP) is 3.10. The molecule has 0 saturated carbocycles. The van der Waals surface area contributed by atoms with Crippen LogP contribution in [0.25, 0.3) is 0 Å². The Labute approximate surface area is 127 Å². The molecule has 0 aliphatic carbocycles. The van der Waals surface area contributed by atoms with Gasteiger partial charge in [0.05, 0.1) is 13.3 Å². The van der Waals surface area contributed by atoms with Crippen LogP contribution in [0.1, 0.15) is 5.56 Å². The van der Waals surface area contributed by atoms with E-state index in [1.165, 1.54) is 25.5 Å². The monoisotopic (exact) mass is 305 g/mol. The van der Waals surface area contributed by atoms with Crippen LogP contribution in [0.2, 0.25) is 0 Å². The fraction of sp³-hybridized carbons (Fsp3) is 0.188. The number of para-hydroxylation sites is 1. The standard InChI is InChI=1S/C16H16FNO4/c1-20-15-4-2-3-12(11-18-19)16(15)22-10-9-21-14-7-5-13(17)6-8-14/h2-8,11,19H,9-10H2,1H3/b18-11+. The Bertz CT molecular complexity index is 629. The molecule has 0 aliphatic rings. The van der Waals surface area contributed by atoms with E-state index >= 15 is 0 Å². The number of benzene rings is 2. The van der Waals surface area contributed by atoms with Gasteiger partial charge >= 0.3 is 0 Å². The van der Waals surface area contributed by atoms with Gasteiger partial charge in [0.15, 0.2) is 11.5 Å². The molecule has 0 spiro atoms. The maximum atomic E-state index is 12.8. The van der Waals surface area contributed by atoms with Crippen LogP contribution in [-0.4, -0.2) is 31.7 Å². The second-order valence-corrected chi connectivity index (χ2v) is 4.27. The molecular formula is C16H16FNO4. The van der Waals surface area contributed by atoms with Crippen molar-refractivity contribution >= 4 is 6.21 Å². The molecular weight excluding hydrogens is 289 g/mol. The number of oxime groups is 1. The van der Waals surface area contributed by atoms with E-state index in [0.717, 1.165) is 0 Å². The molecule has 0 atom stereocenters. The lowest BCUT2D eigenvalue weighted by atomic mass is 10.2. The molecule has 0 radical (unpaired) electrons. The van der Waals surface area contributed by atoms with Crippen LogP contribution < -0.4 is 14.2 Å². The van der Waals surface area contributed by atoms with Crippen molar-refractivity contribution in [3.8, 4) is 17.2 Å². The van der Waals surface area contributed by atoms with E-state index < -0.39 is 0 Å². The zero-order chi connectivity index (χ0) is 15.8. The summed E-state index contributed by atoms with van der Waals surface area (Å²) in [5.74, 6) is 1.23. The maximum Gasteiger partial charge on any atom is 0.170 e. The first-order valence-electron chi connectivity index (χ1n) is 6.60. The van der Waals surface area contributed by atoms with Gasteiger partial charge in [0, 0.05) is 5.56 Å². The van der Waals surface area contributed by atoms with Crippen LogP contribution in [0.4, 0.5) is 4.39 Å². The summed E-state index contributed by atoms with van der Waals surface area (Å²) in [5, 5.41) is 11.7. The van der Waals surface area contributed by atoms with Crippen molar-refractivity contribution in [2.24, 2.45) is 5.16 Å². The first kappa shape index (κ1) is 15.6. The minimum absolute atomic E-state index is 0.254. The van der Waals surface area contributed by atoms with E-state index in [1.807, 2.05) is 0 Å². The number of methoxy groups -OCH3 is 1. The van der Waals surface area contributed by atoms with Gasteiger partial charge in [0.2, 0.25) is 0 Å². The molecule has 0 aromatic heterocycles. The van der Waals surface area contributed by atoms with Gasteiger partial charge in [0.1, 0.15) is 24.8 Å². The van der Waals surface area contributed by atoms with Gasteiger partial charge < -0.3 is 19.4 Å². The second kappa shape index (κ2) is 7.87. The quantitative estimate of drug-likeness (QED) is 0.369. The molecule has 5 nitrogen and oxygen atoms in total. The van der Waals surface area contributed by atoms with Gasteiger partial charge in [-0.25, -0.2) is 4.39 Å². The SMILES string of the molecule is COc1cccc(/C=N/O)c1OCCOc1ccc(F)cc1. The minimum Gasteiger partial charge on any atom is -0.493 e. The highest BCUT2D eigenvalue weighted by Crippen LogP contribution is 2.30. The van der Waals surface area contributed by atoms with Crippen molar-refractivity contribution in [3.05, 3.63) is 53.8 Å². The number of ether oxygens (including phenoxy) is 3. The van der Waals surface area contributed by atoms with E-state index in [0.29, 0.717) is 22.8 Å². The Hall–Kier alpha value is -2.76. The largest absolute Gasteiger partial charge is 0.493 e. The lowest BCUT2D eigenvalue weighted by Crippen LogP contribution is -2.10. The molecule has 0 unspecified atom stereocenters. The molecule has 2 aromatic carbocycles. The van der Waals surface area contributed by atoms with E-state index in [-0.39, 0.29) is 19.0 Å². The highest BCUT2D eigenvalue weighted by molar-refractivity contribution is 5.84. The fourth-order valence-electron chi connectivity index (χ4n) is 1.85. The molecule has 0 fully saturated rings. The Kier molecular flexibility index (Phi) is 5.59. The van der Waals surface area contributed by atoms with Gasteiger partial charge in [-0.15, -0.1) is 0 Å². The molecule has 1 N–H and O–H groups in total. The van der Waals surface area contributed by atoms with Gasteiger partial charge in [-0.05, 0) is 36.4 Å². The van der Waals surface area contributed by atoms with Crippen LogP contribution in [-0.2, 0) is 0 Å². The zero-order valence-corrected chi connectivity index (χ0v) is 12.0. The molecule has 2 rings (SSSR count). The van der Waals surface area contributed by atoms with Crippen molar-refractivity contribution in [3.63, 3.8) is 0 Å². The number of halogens is 1. The van der Waals surface area contributed by atoms with Gasteiger partial charge in [-0.2, -0.15) is 0 Å². The summed E-state index contributed by atoms with van der Waals surface area (Å²) < 4.78 is 29.1. The molecule has 0 heterocycles. The van der Waals surface area contributed by atoms with E-state index in [9.17, 15) is 4.39 Å². The molecule has 6 heteroatoms. The normalized spacial score (nSPS) is 10.6. The topological polar surface area (TPSA) is 60.3 Å². The van der Waals surface area contributed by atoms with Crippen LogP contribution in [0.15, 0.2) is 47.6 Å². The molecule has 0 bridgehead atoms. The van der Waals surface area contributed by atoms with Crippen LogP contribution in [0.3, 0.4) is 0 Å². The van der Waals surface area contributed by atoms with Crippen LogP contribution >= 0.6 is 0 Å². The Morgan fingerprint density at radius 3 is 2.50 bits per heavy atom. The highest BCUT2D eigenvalue weighted by Gasteiger charge is 2.09. The Morgan fingerprint density at radius 2 is 1.82 bits per heavy atom. The molecule has 116 valence electrons. The third-order valence-corrected chi connectivity index (χ3v) is 2.84.